The van der Waals surface area contributed by atoms with E-state index < -0.39 is 0 Å². The molecule has 0 atom stereocenters. The molecule has 1 aliphatic rings. The molecule has 0 bridgehead atoms. The second-order valence-corrected chi connectivity index (χ2v) is 3.66. The Labute approximate surface area is 91.2 Å². The Morgan fingerprint density at radius 1 is 1.20 bits per heavy atom. The van der Waals surface area contributed by atoms with Gasteiger partial charge in [-0.05, 0) is 23.6 Å². The molecular formula is C14H16O. The summed E-state index contributed by atoms with van der Waals surface area (Å²) < 4.78 is 0. The van der Waals surface area contributed by atoms with E-state index >= 15 is 0 Å². The van der Waals surface area contributed by atoms with Crippen LogP contribution in [-0.4, -0.2) is 5.78 Å². The number of hydrogen-bond acceptors (Lipinski definition) is 1. The molecule has 1 aliphatic carbocycles. The van der Waals surface area contributed by atoms with E-state index in [1.54, 1.807) is 6.08 Å². The van der Waals surface area contributed by atoms with Gasteiger partial charge in [0.25, 0.3) is 0 Å². The number of carbonyl (C=O) groups excluding carboxylic acids is 1. The maximum atomic E-state index is 11.6. The van der Waals surface area contributed by atoms with Crippen LogP contribution in [0.15, 0.2) is 34.6 Å². The lowest BCUT2D eigenvalue weighted by molar-refractivity contribution is -0.115. The number of hydrogen-bond donors (Lipinski definition) is 0. The average molecular weight is 200 g/mol. The summed E-state index contributed by atoms with van der Waals surface area (Å²) in [4.78, 5) is 11.6. The molecule has 1 heteroatoms. The van der Waals surface area contributed by atoms with Crippen LogP contribution >= 0.6 is 0 Å². The van der Waals surface area contributed by atoms with Gasteiger partial charge in [-0.25, -0.2) is 0 Å². The van der Waals surface area contributed by atoms with Crippen molar-refractivity contribution >= 4 is 5.78 Å². The summed E-state index contributed by atoms with van der Waals surface area (Å²) in [7, 11) is 0. The van der Waals surface area contributed by atoms with E-state index in [0.29, 0.717) is 12.0 Å². The van der Waals surface area contributed by atoms with Gasteiger partial charge in [-0.3, -0.25) is 4.79 Å². The first kappa shape index (κ1) is 11.6. The van der Waals surface area contributed by atoms with Gasteiger partial charge in [0.15, 0.2) is 5.78 Å². The van der Waals surface area contributed by atoms with Crippen LogP contribution in [0.2, 0.25) is 0 Å². The van der Waals surface area contributed by atoms with Crippen LogP contribution in [0, 0.1) is 0 Å². The molecule has 0 radical (unpaired) electrons. The third-order valence-electron chi connectivity index (χ3n) is 2.36. The van der Waals surface area contributed by atoms with Gasteiger partial charge in [0.1, 0.15) is 0 Å². The van der Waals surface area contributed by atoms with Crippen molar-refractivity contribution in [3.05, 3.63) is 34.6 Å². The number of Topliss-reactive ketones (excluding diaryl/α,β-unsaturated/α-hetero) is 1. The number of rotatable bonds is 7. The van der Waals surface area contributed by atoms with Crippen LogP contribution in [0.25, 0.3) is 0 Å². The molecule has 0 saturated carbocycles. The summed E-state index contributed by atoms with van der Waals surface area (Å²) >= 11 is 0. The lowest BCUT2D eigenvalue weighted by Gasteiger charge is -1.99. The van der Waals surface area contributed by atoms with Gasteiger partial charge in [0.2, 0.25) is 0 Å². The van der Waals surface area contributed by atoms with Crippen molar-refractivity contribution in [1.82, 2.24) is 0 Å². The van der Waals surface area contributed by atoms with Gasteiger partial charge in [0.05, 0.1) is 5.57 Å². The molecule has 0 aromatic carbocycles. The maximum Gasteiger partial charge on any atom is 0.171 e. The first-order chi connectivity index (χ1) is 7.34. The molecular weight excluding hydrogens is 184 g/mol. The minimum atomic E-state index is 0.146. The number of carbonyl (C=O) groups is 1. The quantitative estimate of drug-likeness (QED) is 0.454. The number of ketones is 1. The predicted molar refractivity (Wildman–Crippen MR) is 60.5 cm³/mol. The van der Waals surface area contributed by atoms with Gasteiger partial charge < -0.3 is 0 Å². The molecule has 0 aromatic rings. The zero-order chi connectivity index (χ0) is 10.9. The number of unbranched alkanes of at least 4 members (excludes halogenated alkanes) is 4. The van der Waals surface area contributed by atoms with Crippen LogP contribution in [0.5, 0.6) is 0 Å². The van der Waals surface area contributed by atoms with Crippen molar-refractivity contribution in [2.45, 2.75) is 45.4 Å². The summed E-state index contributed by atoms with van der Waals surface area (Å²) in [5.41, 5.74) is 11.3. The Kier molecular flexibility index (Phi) is 5.34. The molecule has 15 heavy (non-hydrogen) atoms. The Morgan fingerprint density at radius 3 is 2.67 bits per heavy atom. The monoisotopic (exact) mass is 200 g/mol. The summed E-state index contributed by atoms with van der Waals surface area (Å²) in [6.45, 7) is 2.19. The maximum absolute atomic E-state index is 11.6. The Morgan fingerprint density at radius 2 is 2.00 bits per heavy atom. The third-order valence-corrected chi connectivity index (χ3v) is 2.36. The molecule has 0 N–H and O–H groups in total. The molecule has 0 saturated heterocycles. The molecule has 0 amide bonds. The zero-order valence-corrected chi connectivity index (χ0v) is 9.23. The molecule has 0 aromatic heterocycles. The van der Waals surface area contributed by atoms with E-state index in [4.69, 9.17) is 0 Å². The largest absolute Gasteiger partial charge is 0.293 e. The fraction of sp³-hybridized carbons (Fsp3) is 0.500. The Balaban J connectivity index is 2.24. The minimum Gasteiger partial charge on any atom is -0.293 e. The highest BCUT2D eigenvalue weighted by molar-refractivity contribution is 5.97. The molecule has 0 unspecified atom stereocenters. The topological polar surface area (TPSA) is 17.1 Å². The fourth-order valence-electron chi connectivity index (χ4n) is 1.45. The summed E-state index contributed by atoms with van der Waals surface area (Å²) in [6.07, 6.45) is 8.10. The van der Waals surface area contributed by atoms with Crippen LogP contribution in [0.3, 0.4) is 0 Å². The second kappa shape index (κ2) is 6.91. The highest BCUT2D eigenvalue weighted by atomic mass is 16.1. The van der Waals surface area contributed by atoms with Gasteiger partial charge >= 0.3 is 0 Å². The smallest absolute Gasteiger partial charge is 0.171 e. The second-order valence-electron chi connectivity index (χ2n) is 3.66. The highest BCUT2D eigenvalue weighted by Crippen LogP contribution is 2.09. The Bertz CT molecular complexity index is 389. The lowest BCUT2D eigenvalue weighted by Crippen LogP contribution is -1.99. The van der Waals surface area contributed by atoms with Gasteiger partial charge in [-0.2, -0.15) is 0 Å². The normalized spacial score (nSPS) is 11.9. The fourth-order valence-corrected chi connectivity index (χ4v) is 1.45. The summed E-state index contributed by atoms with van der Waals surface area (Å²) in [5.74, 6) is 0.146. The molecule has 0 heterocycles. The van der Waals surface area contributed by atoms with E-state index in [0.717, 1.165) is 12.8 Å². The summed E-state index contributed by atoms with van der Waals surface area (Å²) in [5, 5.41) is 0. The van der Waals surface area contributed by atoms with Crippen molar-refractivity contribution in [2.24, 2.45) is 0 Å². The van der Waals surface area contributed by atoms with E-state index in [2.05, 4.69) is 29.8 Å². The van der Waals surface area contributed by atoms with Crippen molar-refractivity contribution in [3.63, 3.8) is 0 Å². The lowest BCUT2D eigenvalue weighted by atomic mass is 10.0. The van der Waals surface area contributed by atoms with Crippen molar-refractivity contribution in [3.8, 4) is 0 Å². The summed E-state index contributed by atoms with van der Waals surface area (Å²) in [6, 6.07) is 0. The zero-order valence-electron chi connectivity index (χ0n) is 9.23. The Hall–Kier alpha value is -1.47. The van der Waals surface area contributed by atoms with Gasteiger partial charge in [-0.1, -0.05) is 38.3 Å². The van der Waals surface area contributed by atoms with E-state index in [9.17, 15) is 4.79 Å². The average Bonchev–Trinajstić information content (AvgIpc) is 2.30. The van der Waals surface area contributed by atoms with Crippen LogP contribution in [0.4, 0.5) is 0 Å². The van der Waals surface area contributed by atoms with E-state index in [1.807, 2.05) is 0 Å². The number of allylic oxidation sites excluding steroid dienone is 2. The predicted octanol–water partition coefficient (Wildman–Crippen LogP) is 3.48. The van der Waals surface area contributed by atoms with Gasteiger partial charge in [0, 0.05) is 12.5 Å². The third kappa shape index (κ3) is 4.52. The first-order valence-electron chi connectivity index (χ1n) is 5.59. The molecule has 78 valence electrons. The standard InChI is InChI=1S/C14H16O/c1-2-3-4-5-9-12-14(15)13-10-7-6-8-11-13/h10H,2-5,9,12H2,1H3. The van der Waals surface area contributed by atoms with Crippen molar-refractivity contribution in [1.29, 1.82) is 0 Å². The SMILES string of the molecule is CCCCCCCC(=O)C1=C=C=C=C=C1. The molecule has 0 aliphatic heterocycles. The minimum absolute atomic E-state index is 0.146. The van der Waals surface area contributed by atoms with Gasteiger partial charge in [-0.15, -0.1) is 0 Å². The highest BCUT2D eigenvalue weighted by Gasteiger charge is 2.05. The molecule has 0 spiro atoms. The van der Waals surface area contributed by atoms with Crippen molar-refractivity contribution in [2.75, 3.05) is 0 Å². The molecule has 1 nitrogen and oxygen atoms in total. The van der Waals surface area contributed by atoms with E-state index in [-0.39, 0.29) is 5.78 Å². The van der Waals surface area contributed by atoms with Crippen LogP contribution in [-0.2, 0) is 4.79 Å². The van der Waals surface area contributed by atoms with Crippen LogP contribution in [0.1, 0.15) is 45.4 Å². The van der Waals surface area contributed by atoms with Crippen LogP contribution < -0.4 is 0 Å². The molecule has 1 rings (SSSR count). The van der Waals surface area contributed by atoms with Crippen molar-refractivity contribution < 1.29 is 4.79 Å². The molecule has 0 fully saturated rings. The van der Waals surface area contributed by atoms with E-state index in [1.165, 1.54) is 19.3 Å². The first-order valence-corrected chi connectivity index (χ1v) is 5.59.